The number of methoxy groups -OCH3 is 2. The fraction of sp³-hybridized carbons (Fsp3) is 0.278. The number of carbonyl (C=O) groups is 1. The Hall–Kier alpha value is -4.97. The number of azide groups is 1. The second-order valence-corrected chi connectivity index (χ2v) is 12.1. The molecule has 12 nitrogen and oxygen atoms in total. The van der Waals surface area contributed by atoms with E-state index in [-0.39, 0.29) is 23.9 Å². The van der Waals surface area contributed by atoms with Crippen LogP contribution in [0.15, 0.2) is 95.0 Å². The van der Waals surface area contributed by atoms with Gasteiger partial charge in [-0.25, -0.2) is 10.4 Å². The average Bonchev–Trinajstić information content (AvgIpc) is 3.51. The van der Waals surface area contributed by atoms with Gasteiger partial charge in [0.05, 0.1) is 20.8 Å². The molecule has 0 spiro atoms. The number of hydrazine groups is 1. The number of nitrogens with one attached hydrogen (secondary N) is 2. The van der Waals surface area contributed by atoms with Crippen molar-refractivity contribution in [2.45, 2.75) is 30.9 Å². The number of hydrogen-bond donors (Lipinski definition) is 3. The molecule has 0 saturated heterocycles. The number of aliphatic hydroxyl groups excluding tert-OH is 1. The minimum Gasteiger partial charge on any atom is -0.494 e. The van der Waals surface area contributed by atoms with Crippen LogP contribution in [0.5, 0.6) is 17.2 Å². The number of amides is 1. The van der Waals surface area contributed by atoms with E-state index in [9.17, 15) is 10.3 Å². The molecule has 1 heterocycles. The number of aliphatic imine (C=N–C) groups is 1. The summed E-state index contributed by atoms with van der Waals surface area (Å²) in [4.78, 5) is 22.6. The summed E-state index contributed by atoms with van der Waals surface area (Å²) in [5.41, 5.74) is 16.5. The zero-order valence-electron chi connectivity index (χ0n) is 27.4. The molecule has 14 heteroatoms. The van der Waals surface area contributed by atoms with Crippen molar-refractivity contribution < 1.29 is 28.8 Å². The predicted molar refractivity (Wildman–Crippen MR) is 192 cm³/mol. The summed E-state index contributed by atoms with van der Waals surface area (Å²) < 4.78 is 23.0. The topological polar surface area (TPSA) is 159 Å². The highest BCUT2D eigenvalue weighted by molar-refractivity contribution is 6.35. The highest BCUT2D eigenvalue weighted by Crippen LogP contribution is 2.46. The lowest BCUT2D eigenvalue weighted by atomic mass is 9.81. The lowest BCUT2D eigenvalue weighted by Crippen LogP contribution is -2.54. The smallest absolute Gasteiger partial charge is 0.266 e. The fourth-order valence-corrected chi connectivity index (χ4v) is 6.07. The molecule has 0 radical (unpaired) electrons. The maximum atomic E-state index is 14.6. The Morgan fingerprint density at radius 2 is 1.82 bits per heavy atom. The maximum absolute atomic E-state index is 14.6. The van der Waals surface area contributed by atoms with Crippen molar-refractivity contribution in [2.24, 2.45) is 10.1 Å². The van der Waals surface area contributed by atoms with Crippen molar-refractivity contribution in [1.82, 2.24) is 10.9 Å². The van der Waals surface area contributed by atoms with Gasteiger partial charge in [-0.2, -0.15) is 0 Å². The summed E-state index contributed by atoms with van der Waals surface area (Å²) in [5.74, 6) is 1.51. The second kappa shape index (κ2) is 17.1. The van der Waals surface area contributed by atoms with Crippen LogP contribution < -0.4 is 25.1 Å². The summed E-state index contributed by atoms with van der Waals surface area (Å²) in [5, 5.41) is 13.7. The van der Waals surface area contributed by atoms with E-state index in [2.05, 4.69) is 20.9 Å². The Balaban J connectivity index is 1.52. The Kier molecular flexibility index (Phi) is 12.4. The third kappa shape index (κ3) is 8.42. The third-order valence-corrected chi connectivity index (χ3v) is 8.63. The Bertz CT molecular complexity index is 1890. The molecule has 2 atom stereocenters. The number of rotatable bonds is 16. The molecule has 4 aromatic carbocycles. The van der Waals surface area contributed by atoms with E-state index in [1.807, 2.05) is 18.2 Å². The first-order chi connectivity index (χ1) is 24.3. The maximum Gasteiger partial charge on any atom is 0.266 e. The van der Waals surface area contributed by atoms with Gasteiger partial charge in [-0.3, -0.25) is 10.2 Å². The number of benzene rings is 4. The molecule has 0 unspecified atom stereocenters. The molecule has 50 heavy (non-hydrogen) atoms. The normalized spacial score (nSPS) is 16.5. The first kappa shape index (κ1) is 36.3. The van der Waals surface area contributed by atoms with Gasteiger partial charge in [-0.1, -0.05) is 64.7 Å². The number of carbonyl (C=O) groups excluding carboxylic acids is 1. The van der Waals surface area contributed by atoms with Crippen molar-refractivity contribution in [3.05, 3.63) is 128 Å². The van der Waals surface area contributed by atoms with Crippen molar-refractivity contribution in [2.75, 3.05) is 34.0 Å². The highest BCUT2D eigenvalue weighted by atomic mass is 35.5. The lowest BCUT2D eigenvalue weighted by Gasteiger charge is -2.31. The molecule has 0 aromatic heterocycles. The van der Waals surface area contributed by atoms with Gasteiger partial charge in [0.15, 0.2) is 23.1 Å². The van der Waals surface area contributed by atoms with Crippen LogP contribution in [0, 0.1) is 0 Å². The van der Waals surface area contributed by atoms with Crippen LogP contribution >= 0.6 is 23.2 Å². The Labute approximate surface area is 299 Å². The van der Waals surface area contributed by atoms with E-state index >= 15 is 0 Å². The molecule has 3 N–H and O–H groups in total. The second-order valence-electron chi connectivity index (χ2n) is 11.3. The number of halogens is 2. The first-order valence-electron chi connectivity index (χ1n) is 15.7. The van der Waals surface area contributed by atoms with Crippen molar-refractivity contribution in [1.29, 1.82) is 0 Å². The molecule has 0 bridgehead atoms. The quantitative estimate of drug-likeness (QED) is 0.0367. The first-order valence-corrected chi connectivity index (χ1v) is 16.5. The molecule has 0 aliphatic carbocycles. The summed E-state index contributed by atoms with van der Waals surface area (Å²) >= 11 is 13.0. The molecule has 260 valence electrons. The van der Waals surface area contributed by atoms with E-state index in [1.54, 1.807) is 80.9 Å². The number of hydrogen-bond acceptors (Lipinski definition) is 9. The Morgan fingerprint density at radius 1 is 1.04 bits per heavy atom. The number of ether oxygens (including phenoxy) is 4. The standard InChI is InChI=1S/C36H36Cl2N6O6/c1-47-31-15-8-23(20-32(31)48-2)16-17-40-43-35(46)36(22-25-6-3-4-7-30(25)42-44-39)33(28-14-11-26(37)21-29(28)38)50-34(41-36)24-9-12-27(13-10-24)49-19-5-18-45/h3-4,6-15,20-21,33,40,45H,5,16-19,22H2,1-2H3,(H,43,46)/t33-,36-/m0/s1. The van der Waals surface area contributed by atoms with Gasteiger partial charge in [0.25, 0.3) is 5.91 Å². The number of nitrogens with zero attached hydrogens (tertiary/aromatic N) is 4. The molecular formula is C36H36Cl2N6O6. The lowest BCUT2D eigenvalue weighted by molar-refractivity contribution is -0.130. The van der Waals surface area contributed by atoms with Crippen LogP contribution in [0.3, 0.4) is 0 Å². The van der Waals surface area contributed by atoms with E-state index in [1.165, 1.54) is 0 Å². The predicted octanol–water partition coefficient (Wildman–Crippen LogP) is 7.08. The largest absolute Gasteiger partial charge is 0.494 e. The monoisotopic (exact) mass is 718 g/mol. The fourth-order valence-electron chi connectivity index (χ4n) is 5.56. The van der Waals surface area contributed by atoms with Gasteiger partial charge >= 0.3 is 0 Å². The highest BCUT2D eigenvalue weighted by Gasteiger charge is 2.54. The van der Waals surface area contributed by atoms with Gasteiger partial charge in [-0.15, -0.1) is 0 Å². The van der Waals surface area contributed by atoms with Gasteiger partial charge in [0.2, 0.25) is 5.90 Å². The molecule has 0 saturated carbocycles. The third-order valence-electron chi connectivity index (χ3n) is 8.07. The van der Waals surface area contributed by atoms with Crippen LogP contribution in [0.4, 0.5) is 5.69 Å². The molecule has 5 rings (SSSR count). The molecule has 4 aromatic rings. The van der Waals surface area contributed by atoms with E-state index in [4.69, 9.17) is 52.2 Å². The average molecular weight is 720 g/mol. The summed E-state index contributed by atoms with van der Waals surface area (Å²) in [6.45, 7) is 0.751. The molecule has 1 amide bonds. The minimum absolute atomic E-state index is 0.0130. The molecule has 0 fully saturated rings. The van der Waals surface area contributed by atoms with Crippen LogP contribution in [0.25, 0.3) is 10.4 Å². The molecule has 1 aliphatic heterocycles. The SMILES string of the molecule is COc1ccc(CCNNC(=O)[C@@]2(Cc3ccccc3N=[N+]=[N-])N=C(c3ccc(OCCCO)cc3)O[C@H]2c2ccc(Cl)cc2Cl)cc1OC. The Morgan fingerprint density at radius 3 is 2.54 bits per heavy atom. The summed E-state index contributed by atoms with van der Waals surface area (Å²) in [7, 11) is 3.15. The van der Waals surface area contributed by atoms with Crippen molar-refractivity contribution >= 4 is 40.7 Å². The van der Waals surface area contributed by atoms with E-state index in [0.29, 0.717) is 70.6 Å². The number of aliphatic hydroxyl groups is 1. The molecular weight excluding hydrogens is 683 g/mol. The van der Waals surface area contributed by atoms with Gasteiger partial charge < -0.3 is 24.1 Å². The summed E-state index contributed by atoms with van der Waals surface area (Å²) in [6.07, 6.45) is 0.0195. The van der Waals surface area contributed by atoms with Crippen LogP contribution in [-0.4, -0.2) is 56.4 Å². The van der Waals surface area contributed by atoms with Crippen LogP contribution in [-0.2, 0) is 22.4 Å². The molecule has 1 aliphatic rings. The zero-order valence-corrected chi connectivity index (χ0v) is 28.9. The van der Waals surface area contributed by atoms with E-state index in [0.717, 1.165) is 5.56 Å². The zero-order chi connectivity index (χ0) is 35.5. The van der Waals surface area contributed by atoms with Gasteiger partial charge in [-0.05, 0) is 71.6 Å². The van der Waals surface area contributed by atoms with E-state index < -0.39 is 17.6 Å². The van der Waals surface area contributed by atoms with Crippen molar-refractivity contribution in [3.8, 4) is 17.2 Å². The minimum atomic E-state index is -1.64. The van der Waals surface area contributed by atoms with Gasteiger partial charge in [0.1, 0.15) is 5.75 Å². The van der Waals surface area contributed by atoms with Crippen molar-refractivity contribution in [3.63, 3.8) is 0 Å². The van der Waals surface area contributed by atoms with Crippen LogP contribution in [0.2, 0.25) is 10.0 Å². The van der Waals surface area contributed by atoms with Gasteiger partial charge in [0, 0.05) is 57.8 Å². The van der Waals surface area contributed by atoms with Crippen LogP contribution in [0.1, 0.15) is 34.8 Å². The summed E-state index contributed by atoms with van der Waals surface area (Å²) in [6, 6.07) is 24.6.